The van der Waals surface area contributed by atoms with Crippen molar-refractivity contribution in [3.05, 3.63) is 23.6 Å². The summed E-state index contributed by atoms with van der Waals surface area (Å²) in [7, 11) is 0. The fraction of sp³-hybridized carbons (Fsp3) is 0.810. The van der Waals surface area contributed by atoms with Crippen LogP contribution in [0.5, 0.6) is 0 Å². The molecule has 1 rings (SSSR count). The van der Waals surface area contributed by atoms with Crippen LogP contribution in [0.15, 0.2) is 23.6 Å². The number of allylic oxidation sites excluding steroid dienone is 3. The minimum absolute atomic E-state index is 0.433. The van der Waals surface area contributed by atoms with Crippen LogP contribution in [0.4, 0.5) is 0 Å². The SMILES string of the molecule is CCCC1(C)CN(CC(O)N(CC)C(/C=C\C(C)C)=C(/C)OCC)C1. The number of hydrogen-bond donors (Lipinski definition) is 1. The van der Waals surface area contributed by atoms with Gasteiger partial charge in [0.05, 0.1) is 12.3 Å². The quantitative estimate of drug-likeness (QED) is 0.343. The molecule has 0 aromatic rings. The minimum atomic E-state index is -0.515. The third-order valence-corrected chi connectivity index (χ3v) is 4.86. The predicted octanol–water partition coefficient (Wildman–Crippen LogP) is 4.23. The topological polar surface area (TPSA) is 35.9 Å². The molecule has 0 aliphatic carbocycles. The number of aliphatic hydroxyl groups excluding tert-OH is 1. The fourth-order valence-electron chi connectivity index (χ4n) is 3.78. The van der Waals surface area contributed by atoms with E-state index in [-0.39, 0.29) is 0 Å². The molecule has 4 nitrogen and oxygen atoms in total. The lowest BCUT2D eigenvalue weighted by molar-refractivity contribution is -0.0602. The Morgan fingerprint density at radius 2 is 1.92 bits per heavy atom. The van der Waals surface area contributed by atoms with Crippen molar-refractivity contribution in [2.45, 2.75) is 67.5 Å². The standard InChI is InChI=1S/C21H40N2O2/c1-8-13-21(7)15-22(16-21)14-20(24)23(9-2)19(12-11-17(4)5)18(6)25-10-3/h11-12,17,20,24H,8-10,13-16H2,1-7H3/b12-11-,19-18-. The summed E-state index contributed by atoms with van der Waals surface area (Å²) in [6.45, 7) is 19.2. The van der Waals surface area contributed by atoms with Crippen LogP contribution in [-0.4, -0.2) is 53.9 Å². The van der Waals surface area contributed by atoms with Crippen LogP contribution >= 0.6 is 0 Å². The average molecular weight is 353 g/mol. The summed E-state index contributed by atoms with van der Waals surface area (Å²) in [5.74, 6) is 1.34. The molecule has 1 saturated heterocycles. The third-order valence-electron chi connectivity index (χ3n) is 4.86. The summed E-state index contributed by atoms with van der Waals surface area (Å²) in [6.07, 6.45) is 6.24. The van der Waals surface area contributed by atoms with Crippen molar-refractivity contribution in [2.24, 2.45) is 11.3 Å². The second-order valence-corrected chi connectivity index (χ2v) is 7.97. The van der Waals surface area contributed by atoms with E-state index < -0.39 is 6.23 Å². The lowest BCUT2D eigenvalue weighted by Crippen LogP contribution is -2.58. The Labute approximate surface area is 155 Å². The summed E-state index contributed by atoms with van der Waals surface area (Å²) >= 11 is 0. The normalized spacial score (nSPS) is 19.7. The summed E-state index contributed by atoms with van der Waals surface area (Å²) in [6, 6.07) is 0. The van der Waals surface area contributed by atoms with Gasteiger partial charge in [-0.3, -0.25) is 4.90 Å². The van der Waals surface area contributed by atoms with Crippen LogP contribution in [0.3, 0.4) is 0 Å². The predicted molar refractivity (Wildman–Crippen MR) is 106 cm³/mol. The Hall–Kier alpha value is -1.00. The van der Waals surface area contributed by atoms with Gasteiger partial charge in [0.15, 0.2) is 0 Å². The summed E-state index contributed by atoms with van der Waals surface area (Å²) in [5, 5.41) is 10.9. The summed E-state index contributed by atoms with van der Waals surface area (Å²) in [5.41, 5.74) is 1.42. The van der Waals surface area contributed by atoms with Crippen molar-refractivity contribution in [2.75, 3.05) is 32.8 Å². The lowest BCUT2D eigenvalue weighted by Gasteiger charge is -2.50. The molecule has 4 heteroatoms. The lowest BCUT2D eigenvalue weighted by atomic mass is 9.78. The van der Waals surface area contributed by atoms with E-state index in [1.807, 2.05) is 13.8 Å². The number of ether oxygens (including phenoxy) is 1. The molecule has 0 aromatic carbocycles. The van der Waals surface area contributed by atoms with Crippen molar-refractivity contribution in [1.29, 1.82) is 0 Å². The van der Waals surface area contributed by atoms with Crippen LogP contribution in [-0.2, 0) is 4.74 Å². The molecule has 1 aliphatic heterocycles. The molecule has 1 fully saturated rings. The highest BCUT2D eigenvalue weighted by atomic mass is 16.5. The molecule has 0 saturated carbocycles. The maximum absolute atomic E-state index is 10.9. The van der Waals surface area contributed by atoms with Gasteiger partial charge in [-0.15, -0.1) is 0 Å². The van der Waals surface area contributed by atoms with Gasteiger partial charge in [0.1, 0.15) is 12.0 Å². The molecule has 1 unspecified atom stereocenters. The molecule has 1 atom stereocenters. The van der Waals surface area contributed by atoms with Crippen LogP contribution < -0.4 is 0 Å². The first kappa shape index (κ1) is 22.0. The third kappa shape index (κ3) is 6.67. The van der Waals surface area contributed by atoms with Gasteiger partial charge < -0.3 is 14.7 Å². The van der Waals surface area contributed by atoms with Crippen molar-refractivity contribution in [3.63, 3.8) is 0 Å². The van der Waals surface area contributed by atoms with E-state index in [1.54, 1.807) is 0 Å². The molecule has 0 spiro atoms. The van der Waals surface area contributed by atoms with Gasteiger partial charge in [0.25, 0.3) is 0 Å². The molecular formula is C21H40N2O2. The van der Waals surface area contributed by atoms with E-state index in [4.69, 9.17) is 4.74 Å². The highest BCUT2D eigenvalue weighted by Gasteiger charge is 2.38. The van der Waals surface area contributed by atoms with Gasteiger partial charge >= 0.3 is 0 Å². The first-order chi connectivity index (χ1) is 11.8. The maximum Gasteiger partial charge on any atom is 0.139 e. The molecule has 0 amide bonds. The van der Waals surface area contributed by atoms with Crippen molar-refractivity contribution in [3.8, 4) is 0 Å². The van der Waals surface area contributed by atoms with Gasteiger partial charge in [-0.2, -0.15) is 0 Å². The molecular weight excluding hydrogens is 312 g/mol. The zero-order chi connectivity index (χ0) is 19.0. The largest absolute Gasteiger partial charge is 0.496 e. The van der Waals surface area contributed by atoms with Gasteiger partial charge in [-0.25, -0.2) is 0 Å². The molecule has 0 aromatic heterocycles. The first-order valence-corrected chi connectivity index (χ1v) is 9.95. The van der Waals surface area contributed by atoms with Gasteiger partial charge in [-0.05, 0) is 44.6 Å². The number of aliphatic hydroxyl groups is 1. The number of hydrogen-bond acceptors (Lipinski definition) is 4. The first-order valence-electron chi connectivity index (χ1n) is 9.95. The Kier molecular flexibility index (Phi) is 9.01. The smallest absolute Gasteiger partial charge is 0.139 e. The van der Waals surface area contributed by atoms with Gasteiger partial charge in [0, 0.05) is 26.2 Å². The summed E-state index contributed by atoms with van der Waals surface area (Å²) in [4.78, 5) is 4.42. The number of likely N-dealkylation sites (N-methyl/N-ethyl adjacent to an activating group) is 1. The second kappa shape index (κ2) is 10.2. The van der Waals surface area contributed by atoms with Crippen LogP contribution in [0.2, 0.25) is 0 Å². The van der Waals surface area contributed by atoms with E-state index in [2.05, 4.69) is 56.6 Å². The zero-order valence-electron chi connectivity index (χ0n) is 17.5. The van der Waals surface area contributed by atoms with Crippen molar-refractivity contribution in [1.82, 2.24) is 9.80 Å². The second-order valence-electron chi connectivity index (χ2n) is 7.97. The van der Waals surface area contributed by atoms with E-state index in [9.17, 15) is 5.11 Å². The number of β-amino-alcohol motifs (C(OH)–C–C–N with tert-alkyl or cyclic N) is 1. The Balaban J connectivity index is 2.80. The number of rotatable bonds is 11. The van der Waals surface area contributed by atoms with E-state index >= 15 is 0 Å². The number of nitrogens with zero attached hydrogens (tertiary/aromatic N) is 2. The highest BCUT2D eigenvalue weighted by molar-refractivity contribution is 5.21. The van der Waals surface area contributed by atoms with E-state index in [0.29, 0.717) is 24.5 Å². The highest BCUT2D eigenvalue weighted by Crippen LogP contribution is 2.34. The molecule has 0 radical (unpaired) electrons. The zero-order valence-corrected chi connectivity index (χ0v) is 17.5. The van der Waals surface area contributed by atoms with Crippen molar-refractivity contribution < 1.29 is 9.84 Å². The average Bonchev–Trinajstić information content (AvgIpc) is 2.49. The van der Waals surface area contributed by atoms with Crippen LogP contribution in [0.25, 0.3) is 0 Å². The monoisotopic (exact) mass is 352 g/mol. The maximum atomic E-state index is 10.9. The van der Waals surface area contributed by atoms with Gasteiger partial charge in [-0.1, -0.05) is 40.2 Å². The Morgan fingerprint density at radius 3 is 2.40 bits per heavy atom. The molecule has 25 heavy (non-hydrogen) atoms. The molecule has 1 N–H and O–H groups in total. The Bertz CT molecular complexity index is 451. The number of likely N-dealkylation sites (tertiary alicyclic amines) is 1. The molecule has 0 bridgehead atoms. The minimum Gasteiger partial charge on any atom is -0.496 e. The van der Waals surface area contributed by atoms with E-state index in [0.717, 1.165) is 31.1 Å². The van der Waals surface area contributed by atoms with Crippen LogP contribution in [0.1, 0.15) is 61.3 Å². The fourth-order valence-corrected chi connectivity index (χ4v) is 3.78. The molecule has 1 aliphatic rings. The Morgan fingerprint density at radius 1 is 1.28 bits per heavy atom. The van der Waals surface area contributed by atoms with E-state index in [1.165, 1.54) is 12.8 Å². The van der Waals surface area contributed by atoms with Crippen molar-refractivity contribution >= 4 is 0 Å². The molecule has 1 heterocycles. The summed E-state index contributed by atoms with van der Waals surface area (Å²) < 4.78 is 5.74. The van der Waals surface area contributed by atoms with Gasteiger partial charge in [0.2, 0.25) is 0 Å². The van der Waals surface area contributed by atoms with Crippen LogP contribution in [0, 0.1) is 11.3 Å². The molecule has 146 valence electrons.